The number of carbonyl (C=O) groups excluding carboxylic acids is 1. The van der Waals surface area contributed by atoms with Crippen LogP contribution in [0.5, 0.6) is 11.5 Å². The van der Waals surface area contributed by atoms with Crippen molar-refractivity contribution in [2.24, 2.45) is 0 Å². The molecule has 2 heterocycles. The standard InChI is InChI=1S/C14H17ClN2O3/c15-10-13(18)17-6-4-16(5-7-17)11-2-1-3-12-14(11)20-9-8-19-12/h1-3H,4-10H2. The minimum absolute atomic E-state index is 0.000917. The number of rotatable bonds is 2. The van der Waals surface area contributed by atoms with Gasteiger partial charge in [0.1, 0.15) is 19.1 Å². The summed E-state index contributed by atoms with van der Waals surface area (Å²) in [7, 11) is 0. The van der Waals surface area contributed by atoms with Gasteiger partial charge in [-0.05, 0) is 12.1 Å². The molecule has 0 bridgehead atoms. The van der Waals surface area contributed by atoms with Gasteiger partial charge in [-0.3, -0.25) is 4.79 Å². The molecular weight excluding hydrogens is 280 g/mol. The molecule has 20 heavy (non-hydrogen) atoms. The summed E-state index contributed by atoms with van der Waals surface area (Å²) in [4.78, 5) is 15.6. The van der Waals surface area contributed by atoms with Gasteiger partial charge in [-0.2, -0.15) is 0 Å². The molecule has 1 fully saturated rings. The second-order valence-electron chi connectivity index (χ2n) is 4.80. The zero-order chi connectivity index (χ0) is 13.9. The lowest BCUT2D eigenvalue weighted by molar-refractivity contribution is -0.128. The fraction of sp³-hybridized carbons (Fsp3) is 0.500. The average Bonchev–Trinajstić information content (AvgIpc) is 2.54. The quantitative estimate of drug-likeness (QED) is 0.773. The monoisotopic (exact) mass is 296 g/mol. The van der Waals surface area contributed by atoms with E-state index in [-0.39, 0.29) is 11.8 Å². The summed E-state index contributed by atoms with van der Waals surface area (Å²) in [5, 5.41) is 0. The molecule has 1 amide bonds. The number of alkyl halides is 1. The minimum Gasteiger partial charge on any atom is -0.486 e. The van der Waals surface area contributed by atoms with Crippen molar-refractivity contribution in [3.05, 3.63) is 18.2 Å². The summed E-state index contributed by atoms with van der Waals surface area (Å²) in [5.74, 6) is 1.67. The van der Waals surface area contributed by atoms with Crippen molar-refractivity contribution in [1.29, 1.82) is 0 Å². The topological polar surface area (TPSA) is 42.0 Å². The van der Waals surface area contributed by atoms with Crippen molar-refractivity contribution < 1.29 is 14.3 Å². The number of benzene rings is 1. The van der Waals surface area contributed by atoms with E-state index in [9.17, 15) is 4.79 Å². The van der Waals surface area contributed by atoms with Crippen molar-refractivity contribution in [2.45, 2.75) is 0 Å². The molecule has 1 aromatic rings. The van der Waals surface area contributed by atoms with Crippen LogP contribution in [0.3, 0.4) is 0 Å². The highest BCUT2D eigenvalue weighted by atomic mass is 35.5. The maximum atomic E-state index is 11.6. The van der Waals surface area contributed by atoms with Gasteiger partial charge in [0.2, 0.25) is 5.91 Å². The number of para-hydroxylation sites is 1. The molecule has 0 N–H and O–H groups in total. The first-order valence-electron chi connectivity index (χ1n) is 6.77. The van der Waals surface area contributed by atoms with E-state index < -0.39 is 0 Å². The lowest BCUT2D eigenvalue weighted by Crippen LogP contribution is -2.49. The van der Waals surface area contributed by atoms with Gasteiger partial charge in [0.05, 0.1) is 5.69 Å². The molecular formula is C14H17ClN2O3. The van der Waals surface area contributed by atoms with Crippen LogP contribution in [-0.4, -0.2) is 56.1 Å². The number of ether oxygens (including phenoxy) is 2. The first kappa shape index (κ1) is 13.4. The third-order valence-electron chi connectivity index (χ3n) is 3.63. The average molecular weight is 297 g/mol. The van der Waals surface area contributed by atoms with Crippen LogP contribution >= 0.6 is 11.6 Å². The highest BCUT2D eigenvalue weighted by Crippen LogP contribution is 2.39. The van der Waals surface area contributed by atoms with Crippen LogP contribution < -0.4 is 14.4 Å². The Morgan fingerprint density at radius 1 is 1.15 bits per heavy atom. The number of nitrogens with zero attached hydrogens (tertiary/aromatic N) is 2. The zero-order valence-electron chi connectivity index (χ0n) is 11.2. The van der Waals surface area contributed by atoms with Gasteiger partial charge >= 0.3 is 0 Å². The smallest absolute Gasteiger partial charge is 0.237 e. The zero-order valence-corrected chi connectivity index (χ0v) is 11.9. The number of piperazine rings is 1. The minimum atomic E-state index is 0.000917. The van der Waals surface area contributed by atoms with E-state index in [4.69, 9.17) is 21.1 Å². The number of amides is 1. The molecule has 2 aliphatic rings. The van der Waals surface area contributed by atoms with E-state index in [2.05, 4.69) is 4.90 Å². The van der Waals surface area contributed by atoms with E-state index >= 15 is 0 Å². The predicted molar refractivity (Wildman–Crippen MR) is 76.9 cm³/mol. The molecule has 0 radical (unpaired) electrons. The van der Waals surface area contributed by atoms with E-state index in [1.807, 2.05) is 18.2 Å². The fourth-order valence-corrected chi connectivity index (χ4v) is 2.76. The number of carbonyl (C=O) groups is 1. The summed E-state index contributed by atoms with van der Waals surface area (Å²) in [6.07, 6.45) is 0. The molecule has 0 aromatic heterocycles. The third kappa shape index (κ3) is 2.50. The molecule has 5 nitrogen and oxygen atoms in total. The van der Waals surface area contributed by atoms with Crippen LogP contribution in [0.2, 0.25) is 0 Å². The Labute approximate surface area is 123 Å². The van der Waals surface area contributed by atoms with Crippen LogP contribution in [-0.2, 0) is 4.79 Å². The molecule has 6 heteroatoms. The number of halogens is 1. The van der Waals surface area contributed by atoms with Gasteiger partial charge in [-0.1, -0.05) is 6.07 Å². The van der Waals surface area contributed by atoms with Gasteiger partial charge in [0, 0.05) is 26.2 Å². The van der Waals surface area contributed by atoms with Gasteiger partial charge in [0.15, 0.2) is 11.5 Å². The molecule has 1 saturated heterocycles. The van der Waals surface area contributed by atoms with Crippen LogP contribution in [0.25, 0.3) is 0 Å². The van der Waals surface area contributed by atoms with Gasteiger partial charge in [0.25, 0.3) is 0 Å². The Balaban J connectivity index is 1.74. The van der Waals surface area contributed by atoms with Crippen LogP contribution in [0, 0.1) is 0 Å². The molecule has 1 aromatic carbocycles. The lowest BCUT2D eigenvalue weighted by atomic mass is 10.2. The number of anilines is 1. The second kappa shape index (κ2) is 5.79. The highest BCUT2D eigenvalue weighted by Gasteiger charge is 2.24. The SMILES string of the molecule is O=C(CCl)N1CCN(c2cccc3c2OCCO3)CC1. The van der Waals surface area contributed by atoms with E-state index in [0.717, 1.165) is 30.3 Å². The van der Waals surface area contributed by atoms with Crippen molar-refractivity contribution in [1.82, 2.24) is 4.90 Å². The summed E-state index contributed by atoms with van der Waals surface area (Å²) in [6.45, 7) is 4.11. The summed E-state index contributed by atoms with van der Waals surface area (Å²) in [6, 6.07) is 5.93. The molecule has 0 atom stereocenters. The molecule has 0 unspecified atom stereocenters. The largest absolute Gasteiger partial charge is 0.486 e. The maximum Gasteiger partial charge on any atom is 0.237 e. The van der Waals surface area contributed by atoms with Crippen molar-refractivity contribution in [3.8, 4) is 11.5 Å². The van der Waals surface area contributed by atoms with E-state index in [1.54, 1.807) is 4.90 Å². The van der Waals surface area contributed by atoms with Crippen molar-refractivity contribution in [3.63, 3.8) is 0 Å². The van der Waals surface area contributed by atoms with Crippen LogP contribution in [0.1, 0.15) is 0 Å². The van der Waals surface area contributed by atoms with Crippen molar-refractivity contribution >= 4 is 23.2 Å². The van der Waals surface area contributed by atoms with Gasteiger partial charge in [-0.15, -0.1) is 11.6 Å². The molecule has 3 rings (SSSR count). The highest BCUT2D eigenvalue weighted by molar-refractivity contribution is 6.27. The Morgan fingerprint density at radius 3 is 2.65 bits per heavy atom. The summed E-state index contributed by atoms with van der Waals surface area (Å²) in [5.41, 5.74) is 1.04. The fourth-order valence-electron chi connectivity index (χ4n) is 2.59. The van der Waals surface area contributed by atoms with E-state index in [1.165, 1.54) is 0 Å². The number of hydrogen-bond acceptors (Lipinski definition) is 4. The summed E-state index contributed by atoms with van der Waals surface area (Å²) < 4.78 is 11.3. The molecule has 0 saturated carbocycles. The van der Waals surface area contributed by atoms with E-state index in [0.29, 0.717) is 26.3 Å². The second-order valence-corrected chi connectivity index (χ2v) is 5.07. The Bertz CT molecular complexity index is 501. The van der Waals surface area contributed by atoms with Crippen LogP contribution in [0.15, 0.2) is 18.2 Å². The van der Waals surface area contributed by atoms with Crippen LogP contribution in [0.4, 0.5) is 5.69 Å². The molecule has 0 spiro atoms. The number of hydrogen-bond donors (Lipinski definition) is 0. The van der Waals surface area contributed by atoms with Gasteiger partial charge < -0.3 is 19.3 Å². The lowest BCUT2D eigenvalue weighted by Gasteiger charge is -2.37. The molecule has 2 aliphatic heterocycles. The Hall–Kier alpha value is -1.62. The van der Waals surface area contributed by atoms with Gasteiger partial charge in [-0.25, -0.2) is 0 Å². The van der Waals surface area contributed by atoms with Crippen molar-refractivity contribution in [2.75, 3.05) is 50.2 Å². The summed E-state index contributed by atoms with van der Waals surface area (Å²) >= 11 is 5.59. The third-order valence-corrected chi connectivity index (χ3v) is 3.86. The molecule has 0 aliphatic carbocycles. The number of fused-ring (bicyclic) bond motifs is 1. The first-order valence-corrected chi connectivity index (χ1v) is 7.30. The maximum absolute atomic E-state index is 11.6. The normalized spacial score (nSPS) is 18.1. The first-order chi connectivity index (χ1) is 9.79. The predicted octanol–water partition coefficient (Wildman–Crippen LogP) is 1.35. The Kier molecular flexibility index (Phi) is 3.87. The Morgan fingerprint density at radius 2 is 1.90 bits per heavy atom. The molecule has 108 valence electrons.